The maximum absolute atomic E-state index is 14.0. The molecule has 2 saturated heterocycles. The van der Waals surface area contributed by atoms with E-state index in [1.54, 1.807) is 29.3 Å². The highest BCUT2D eigenvalue weighted by molar-refractivity contribution is 6.24. The average Bonchev–Trinajstić information content (AvgIpc) is 3.44. The van der Waals surface area contributed by atoms with E-state index in [9.17, 15) is 9.59 Å². The zero-order chi connectivity index (χ0) is 25.3. The quantitative estimate of drug-likeness (QED) is 0.461. The van der Waals surface area contributed by atoms with Crippen LogP contribution in [0.4, 0.5) is 11.4 Å². The number of imide groups is 1. The number of ether oxygens (including phenoxy) is 2. The predicted molar refractivity (Wildman–Crippen MR) is 138 cm³/mol. The van der Waals surface area contributed by atoms with Gasteiger partial charge in [0.15, 0.2) is 6.10 Å². The SMILES string of the molecule is CCCOc1ccc(N2C(=O)[C@@H]3[C@H](ON(c4ccccc4)[C@@H]3[C@]3(CC)CCC(CC)=CO3)C2=O)cc1. The predicted octanol–water partition coefficient (Wildman–Crippen LogP) is 5.41. The van der Waals surface area contributed by atoms with Crippen LogP contribution in [0.3, 0.4) is 0 Å². The van der Waals surface area contributed by atoms with E-state index in [1.807, 2.05) is 43.5 Å². The molecule has 0 bridgehead atoms. The number of anilines is 2. The number of nitrogens with zero attached hydrogens (tertiary/aromatic N) is 2. The Balaban J connectivity index is 1.51. The van der Waals surface area contributed by atoms with Gasteiger partial charge in [0.1, 0.15) is 23.3 Å². The zero-order valence-corrected chi connectivity index (χ0v) is 21.2. The van der Waals surface area contributed by atoms with Crippen LogP contribution in [0.25, 0.3) is 0 Å². The number of rotatable bonds is 8. The number of hydroxylamine groups is 1. The first-order valence-electron chi connectivity index (χ1n) is 13.0. The van der Waals surface area contributed by atoms with Gasteiger partial charge in [0.05, 0.1) is 24.2 Å². The van der Waals surface area contributed by atoms with E-state index in [4.69, 9.17) is 14.3 Å². The molecular weight excluding hydrogens is 456 g/mol. The number of amides is 2. The van der Waals surface area contributed by atoms with Gasteiger partial charge in [-0.25, -0.2) is 9.96 Å². The molecule has 0 unspecified atom stereocenters. The molecule has 0 radical (unpaired) electrons. The van der Waals surface area contributed by atoms with Gasteiger partial charge in [-0.3, -0.25) is 14.4 Å². The first-order chi connectivity index (χ1) is 17.5. The second-order valence-electron chi connectivity index (χ2n) is 9.68. The Morgan fingerprint density at radius 3 is 2.33 bits per heavy atom. The molecule has 5 rings (SSSR count). The summed E-state index contributed by atoms with van der Waals surface area (Å²) in [4.78, 5) is 35.2. The highest BCUT2D eigenvalue weighted by Crippen LogP contribution is 2.49. The Morgan fingerprint density at radius 2 is 1.72 bits per heavy atom. The van der Waals surface area contributed by atoms with Gasteiger partial charge in [0.25, 0.3) is 5.91 Å². The summed E-state index contributed by atoms with van der Waals surface area (Å²) in [5.74, 6) is -0.562. The Kier molecular flexibility index (Phi) is 6.75. The molecular formula is C29H34N2O5. The zero-order valence-electron chi connectivity index (χ0n) is 21.2. The lowest BCUT2D eigenvalue weighted by molar-refractivity contribution is -0.127. The van der Waals surface area contributed by atoms with Gasteiger partial charge < -0.3 is 9.47 Å². The third-order valence-electron chi connectivity index (χ3n) is 7.62. The fourth-order valence-electron chi connectivity index (χ4n) is 5.55. The van der Waals surface area contributed by atoms with Crippen LogP contribution in [0.5, 0.6) is 5.75 Å². The standard InChI is InChI=1S/C29H34N2O5/c1-4-18-34-23-14-12-21(13-15-23)30-27(32)24-25(28(30)33)36-31(22-10-8-7-9-11-22)26(24)29(6-3)17-16-20(5-2)19-35-29/h7-15,19,24-26H,4-6,16-18H2,1-3H3/t24-,25+,26+,29+/m1/s1. The molecule has 0 aliphatic carbocycles. The number of carbonyl (C=O) groups is 2. The van der Waals surface area contributed by atoms with Crippen molar-refractivity contribution < 1.29 is 23.9 Å². The molecule has 0 saturated carbocycles. The highest BCUT2D eigenvalue weighted by Gasteiger charge is 2.65. The van der Waals surface area contributed by atoms with E-state index >= 15 is 0 Å². The fraction of sp³-hybridized carbons (Fsp3) is 0.448. The lowest BCUT2D eigenvalue weighted by Gasteiger charge is -2.45. The van der Waals surface area contributed by atoms with Crippen LogP contribution in [0.2, 0.25) is 0 Å². The summed E-state index contributed by atoms with van der Waals surface area (Å²) in [6.07, 6.45) is 5.13. The van der Waals surface area contributed by atoms with E-state index < -0.39 is 23.7 Å². The number of fused-ring (bicyclic) bond motifs is 1. The van der Waals surface area contributed by atoms with E-state index in [1.165, 1.54) is 10.5 Å². The number of carbonyl (C=O) groups excluding carboxylic acids is 2. The normalized spacial score (nSPS) is 27.6. The molecule has 3 heterocycles. The minimum atomic E-state index is -0.901. The van der Waals surface area contributed by atoms with Gasteiger partial charge in [0, 0.05) is 0 Å². The van der Waals surface area contributed by atoms with Crippen molar-refractivity contribution in [2.24, 2.45) is 5.92 Å². The molecule has 2 aromatic carbocycles. The molecule has 0 N–H and O–H groups in total. The molecule has 3 aliphatic rings. The van der Waals surface area contributed by atoms with Gasteiger partial charge in [-0.1, -0.05) is 39.0 Å². The molecule has 2 fully saturated rings. The van der Waals surface area contributed by atoms with Gasteiger partial charge in [0.2, 0.25) is 5.91 Å². The van der Waals surface area contributed by atoms with Gasteiger partial charge >= 0.3 is 0 Å². The van der Waals surface area contributed by atoms with Crippen LogP contribution in [0.1, 0.15) is 52.9 Å². The summed E-state index contributed by atoms with van der Waals surface area (Å²) >= 11 is 0. The Morgan fingerprint density at radius 1 is 0.972 bits per heavy atom. The number of para-hydroxylation sites is 1. The van der Waals surface area contributed by atoms with Crippen LogP contribution in [-0.2, 0) is 19.2 Å². The molecule has 2 amide bonds. The molecule has 7 nitrogen and oxygen atoms in total. The smallest absolute Gasteiger partial charge is 0.266 e. The van der Waals surface area contributed by atoms with Crippen molar-refractivity contribution in [3.63, 3.8) is 0 Å². The second kappa shape index (κ2) is 9.97. The maximum atomic E-state index is 14.0. The molecule has 4 atom stereocenters. The van der Waals surface area contributed by atoms with E-state index in [-0.39, 0.29) is 11.8 Å². The maximum Gasteiger partial charge on any atom is 0.266 e. The van der Waals surface area contributed by atoms with E-state index in [0.717, 1.165) is 31.4 Å². The third kappa shape index (κ3) is 4.05. The molecule has 2 aromatic rings. The summed E-state index contributed by atoms with van der Waals surface area (Å²) in [7, 11) is 0. The molecule has 190 valence electrons. The third-order valence-corrected chi connectivity index (χ3v) is 7.62. The topological polar surface area (TPSA) is 68.3 Å². The molecule has 3 aliphatic heterocycles. The number of hydrogen-bond donors (Lipinski definition) is 0. The Hall–Kier alpha value is -3.32. The minimum absolute atomic E-state index is 0.252. The van der Waals surface area contributed by atoms with Crippen molar-refractivity contribution in [1.29, 1.82) is 0 Å². The lowest BCUT2D eigenvalue weighted by atomic mass is 9.76. The lowest BCUT2D eigenvalue weighted by Crippen LogP contribution is -2.56. The number of benzene rings is 2. The van der Waals surface area contributed by atoms with E-state index in [2.05, 4.69) is 13.8 Å². The summed E-state index contributed by atoms with van der Waals surface area (Å²) in [6.45, 7) is 6.86. The monoisotopic (exact) mass is 490 g/mol. The molecule has 36 heavy (non-hydrogen) atoms. The summed E-state index contributed by atoms with van der Waals surface area (Å²) in [5.41, 5.74) is 1.93. The fourth-order valence-corrected chi connectivity index (χ4v) is 5.55. The van der Waals surface area contributed by atoms with Crippen LogP contribution >= 0.6 is 0 Å². The number of allylic oxidation sites excluding steroid dienone is 1. The first-order valence-corrected chi connectivity index (χ1v) is 13.0. The van der Waals surface area contributed by atoms with Crippen LogP contribution in [0.15, 0.2) is 66.4 Å². The Bertz CT molecular complexity index is 1130. The van der Waals surface area contributed by atoms with Crippen molar-refractivity contribution in [1.82, 2.24) is 0 Å². The van der Waals surface area contributed by atoms with Crippen molar-refractivity contribution in [2.45, 2.75) is 70.6 Å². The second-order valence-corrected chi connectivity index (χ2v) is 9.68. The average molecular weight is 491 g/mol. The largest absolute Gasteiger partial charge is 0.494 e. The minimum Gasteiger partial charge on any atom is -0.494 e. The molecule has 7 heteroatoms. The van der Waals surface area contributed by atoms with Crippen LogP contribution < -0.4 is 14.7 Å². The van der Waals surface area contributed by atoms with Gasteiger partial charge in [-0.2, -0.15) is 0 Å². The van der Waals surface area contributed by atoms with Crippen molar-refractivity contribution >= 4 is 23.2 Å². The van der Waals surface area contributed by atoms with Crippen molar-refractivity contribution in [2.75, 3.05) is 16.6 Å². The van der Waals surface area contributed by atoms with Crippen LogP contribution in [0, 0.1) is 5.92 Å². The van der Waals surface area contributed by atoms with Crippen molar-refractivity contribution in [3.8, 4) is 5.75 Å². The molecule has 0 spiro atoms. The first kappa shape index (κ1) is 24.4. The summed E-state index contributed by atoms with van der Waals surface area (Å²) in [5, 5.41) is 1.76. The van der Waals surface area contributed by atoms with Crippen molar-refractivity contribution in [3.05, 3.63) is 66.4 Å². The van der Waals surface area contributed by atoms with Gasteiger partial charge in [-0.15, -0.1) is 0 Å². The summed E-state index contributed by atoms with van der Waals surface area (Å²) in [6, 6.07) is 16.3. The van der Waals surface area contributed by atoms with Gasteiger partial charge in [-0.05, 0) is 74.1 Å². The Labute approximate surface area is 212 Å². The number of hydrogen-bond acceptors (Lipinski definition) is 6. The van der Waals surface area contributed by atoms with E-state index in [0.29, 0.717) is 24.5 Å². The molecule has 0 aromatic heterocycles. The van der Waals surface area contributed by atoms with Crippen LogP contribution in [-0.4, -0.2) is 36.2 Å². The summed E-state index contributed by atoms with van der Waals surface area (Å²) < 4.78 is 12.1. The highest BCUT2D eigenvalue weighted by atomic mass is 16.7.